The van der Waals surface area contributed by atoms with Gasteiger partial charge in [0, 0.05) is 37.4 Å². The van der Waals surface area contributed by atoms with Crippen LogP contribution in [-0.2, 0) is 17.7 Å². The lowest BCUT2D eigenvalue weighted by molar-refractivity contribution is 0.0856. The Balaban J connectivity index is 1.47. The number of pyridine rings is 1. The van der Waals surface area contributed by atoms with Crippen LogP contribution in [0.2, 0.25) is 0 Å². The van der Waals surface area contributed by atoms with Crippen molar-refractivity contribution in [3.05, 3.63) is 76.6 Å². The summed E-state index contributed by atoms with van der Waals surface area (Å²) in [4.78, 5) is 17.8. The summed E-state index contributed by atoms with van der Waals surface area (Å²) in [6.45, 7) is 2.03. The molecule has 0 atom stereocenters. The highest BCUT2D eigenvalue weighted by Gasteiger charge is 2.20. The lowest BCUT2D eigenvalue weighted by Crippen LogP contribution is -2.25. The number of benzene rings is 1. The van der Waals surface area contributed by atoms with E-state index in [1.54, 1.807) is 4.68 Å². The number of rotatable bonds is 4. The van der Waals surface area contributed by atoms with E-state index in [4.69, 9.17) is 4.74 Å². The van der Waals surface area contributed by atoms with Crippen molar-refractivity contribution in [3.63, 3.8) is 0 Å². The molecule has 28 heavy (non-hydrogen) atoms. The van der Waals surface area contributed by atoms with E-state index >= 15 is 0 Å². The third-order valence-electron chi connectivity index (χ3n) is 5.57. The van der Waals surface area contributed by atoms with Gasteiger partial charge in [0.25, 0.3) is 5.56 Å². The third kappa shape index (κ3) is 3.10. The number of imidazole rings is 1. The fraction of sp³-hybridized carbons (Fsp3) is 0.318. The largest absolute Gasteiger partial charge is 0.381 e. The van der Waals surface area contributed by atoms with Gasteiger partial charge in [-0.3, -0.25) is 4.79 Å². The van der Waals surface area contributed by atoms with Crippen LogP contribution in [0.3, 0.4) is 0 Å². The number of aromatic nitrogens is 4. The minimum Gasteiger partial charge on any atom is -0.381 e. The molecule has 0 aliphatic carbocycles. The Hall–Kier alpha value is -2.99. The fourth-order valence-electron chi connectivity index (χ4n) is 4.09. The molecule has 1 aromatic carbocycles. The zero-order valence-electron chi connectivity index (χ0n) is 15.6. The second kappa shape index (κ2) is 7.20. The lowest BCUT2D eigenvalue weighted by Gasteiger charge is -2.23. The highest BCUT2D eigenvalue weighted by molar-refractivity contribution is 5.84. The first-order valence-electron chi connectivity index (χ1n) is 9.79. The second-order valence-electron chi connectivity index (χ2n) is 7.32. The summed E-state index contributed by atoms with van der Waals surface area (Å²) < 4.78 is 9.07. The van der Waals surface area contributed by atoms with E-state index in [2.05, 4.69) is 16.1 Å². The molecule has 0 amide bonds. The van der Waals surface area contributed by atoms with Crippen LogP contribution in [0.5, 0.6) is 0 Å². The molecule has 1 saturated heterocycles. The van der Waals surface area contributed by atoms with Crippen molar-refractivity contribution in [2.24, 2.45) is 0 Å². The van der Waals surface area contributed by atoms with Gasteiger partial charge in [-0.05, 0) is 36.5 Å². The molecule has 4 heterocycles. The van der Waals surface area contributed by atoms with Gasteiger partial charge in [-0.2, -0.15) is 5.10 Å². The molecule has 3 aromatic heterocycles. The van der Waals surface area contributed by atoms with Crippen LogP contribution in [0.15, 0.2) is 59.8 Å². The van der Waals surface area contributed by atoms with E-state index in [0.29, 0.717) is 18.9 Å². The summed E-state index contributed by atoms with van der Waals surface area (Å²) in [5.74, 6) is 0.374. The predicted molar refractivity (Wildman–Crippen MR) is 108 cm³/mol. The van der Waals surface area contributed by atoms with Crippen molar-refractivity contribution >= 4 is 16.4 Å². The number of aryl methyl sites for hydroxylation is 2. The maximum Gasteiger partial charge on any atom is 0.274 e. The quantitative estimate of drug-likeness (QED) is 0.550. The van der Waals surface area contributed by atoms with Gasteiger partial charge >= 0.3 is 0 Å². The molecule has 1 aliphatic rings. The molecule has 0 radical (unpaired) electrons. The Morgan fingerprint density at radius 1 is 1.11 bits per heavy atom. The van der Waals surface area contributed by atoms with E-state index < -0.39 is 0 Å². The second-order valence-corrected chi connectivity index (χ2v) is 7.32. The standard InChI is InChI=1S/C22H22N4O2/c27-22-21-17(4-3-5-19(21)16-8-12-28-13-9-16)14-23-26(22)11-7-18-15-25-10-2-1-6-20(25)24-18/h1-6,10,14-16H,7-9,11-13H2. The molecule has 6 nitrogen and oxygen atoms in total. The van der Waals surface area contributed by atoms with Crippen LogP contribution in [0.25, 0.3) is 16.4 Å². The van der Waals surface area contributed by atoms with Gasteiger partial charge in [-0.1, -0.05) is 24.3 Å². The van der Waals surface area contributed by atoms with Crippen molar-refractivity contribution in [1.82, 2.24) is 19.2 Å². The number of hydrogen-bond donors (Lipinski definition) is 0. The molecule has 4 aromatic rings. The lowest BCUT2D eigenvalue weighted by atomic mass is 9.89. The normalized spacial score (nSPS) is 15.4. The summed E-state index contributed by atoms with van der Waals surface area (Å²) in [6.07, 6.45) is 8.38. The minimum absolute atomic E-state index is 0.0108. The predicted octanol–water partition coefficient (Wildman–Crippen LogP) is 3.18. The highest BCUT2D eigenvalue weighted by atomic mass is 16.5. The maximum absolute atomic E-state index is 13.2. The van der Waals surface area contributed by atoms with E-state index in [-0.39, 0.29) is 5.56 Å². The molecule has 1 aliphatic heterocycles. The van der Waals surface area contributed by atoms with Crippen molar-refractivity contribution in [2.75, 3.05) is 13.2 Å². The van der Waals surface area contributed by atoms with Gasteiger partial charge < -0.3 is 9.14 Å². The zero-order valence-corrected chi connectivity index (χ0v) is 15.6. The minimum atomic E-state index is -0.0108. The average Bonchev–Trinajstić information content (AvgIpc) is 3.16. The van der Waals surface area contributed by atoms with Crippen LogP contribution in [-0.4, -0.2) is 32.4 Å². The first-order chi connectivity index (χ1) is 13.8. The average molecular weight is 374 g/mol. The molecule has 1 fully saturated rings. The summed E-state index contributed by atoms with van der Waals surface area (Å²) >= 11 is 0. The Morgan fingerprint density at radius 2 is 2.00 bits per heavy atom. The van der Waals surface area contributed by atoms with E-state index in [1.165, 1.54) is 0 Å². The Morgan fingerprint density at radius 3 is 2.86 bits per heavy atom. The first-order valence-corrected chi connectivity index (χ1v) is 9.79. The van der Waals surface area contributed by atoms with Crippen molar-refractivity contribution in [2.45, 2.75) is 31.7 Å². The van der Waals surface area contributed by atoms with Gasteiger partial charge in [0.05, 0.1) is 23.8 Å². The monoisotopic (exact) mass is 374 g/mol. The Labute approximate surface area is 162 Å². The molecule has 5 rings (SSSR count). The van der Waals surface area contributed by atoms with Crippen LogP contribution in [0, 0.1) is 0 Å². The van der Waals surface area contributed by atoms with Crippen molar-refractivity contribution in [1.29, 1.82) is 0 Å². The van der Waals surface area contributed by atoms with Gasteiger partial charge in [0.15, 0.2) is 0 Å². The molecule has 0 N–H and O–H groups in total. The van der Waals surface area contributed by atoms with Crippen molar-refractivity contribution in [3.8, 4) is 0 Å². The third-order valence-corrected chi connectivity index (χ3v) is 5.57. The smallest absolute Gasteiger partial charge is 0.274 e. The Bertz CT molecular complexity index is 1160. The topological polar surface area (TPSA) is 61.4 Å². The number of fused-ring (bicyclic) bond motifs is 2. The molecule has 0 saturated carbocycles. The molecule has 6 heteroatoms. The summed E-state index contributed by atoms with van der Waals surface area (Å²) in [5, 5.41) is 6.13. The highest BCUT2D eigenvalue weighted by Crippen LogP contribution is 2.30. The summed E-state index contributed by atoms with van der Waals surface area (Å²) in [6, 6.07) is 12.0. The summed E-state index contributed by atoms with van der Waals surface area (Å²) in [5.41, 5.74) is 2.99. The van der Waals surface area contributed by atoms with Crippen LogP contribution < -0.4 is 5.56 Å². The van der Waals surface area contributed by atoms with Gasteiger partial charge in [0.1, 0.15) is 5.65 Å². The zero-order chi connectivity index (χ0) is 18.9. The summed E-state index contributed by atoms with van der Waals surface area (Å²) in [7, 11) is 0. The molecule has 0 unspecified atom stereocenters. The Kier molecular flexibility index (Phi) is 4.41. The number of nitrogens with zero attached hydrogens (tertiary/aromatic N) is 4. The van der Waals surface area contributed by atoms with Crippen LogP contribution >= 0.6 is 0 Å². The van der Waals surface area contributed by atoms with Crippen LogP contribution in [0.1, 0.15) is 30.0 Å². The van der Waals surface area contributed by atoms with E-state index in [1.807, 2.05) is 53.3 Å². The van der Waals surface area contributed by atoms with E-state index in [9.17, 15) is 4.79 Å². The van der Waals surface area contributed by atoms with Crippen molar-refractivity contribution < 1.29 is 4.74 Å². The maximum atomic E-state index is 13.2. The first kappa shape index (κ1) is 17.1. The molecule has 142 valence electrons. The van der Waals surface area contributed by atoms with Gasteiger partial charge in [-0.15, -0.1) is 0 Å². The fourth-order valence-corrected chi connectivity index (χ4v) is 4.09. The van der Waals surface area contributed by atoms with Gasteiger partial charge in [-0.25, -0.2) is 9.67 Å². The number of hydrogen-bond acceptors (Lipinski definition) is 4. The SMILES string of the molecule is O=c1c2c(C3CCOCC3)cccc2cnn1CCc1cn2ccccc2n1. The molecular formula is C22H22N4O2. The molecule has 0 spiro atoms. The van der Waals surface area contributed by atoms with E-state index in [0.717, 1.165) is 53.7 Å². The van der Waals surface area contributed by atoms with Gasteiger partial charge in [0.2, 0.25) is 0 Å². The molecular weight excluding hydrogens is 352 g/mol. The number of ether oxygens (including phenoxy) is 1. The van der Waals surface area contributed by atoms with Crippen LogP contribution in [0.4, 0.5) is 0 Å². The molecule has 0 bridgehead atoms.